The predicted molar refractivity (Wildman–Crippen MR) is 89.4 cm³/mol. The van der Waals surface area contributed by atoms with Gasteiger partial charge in [-0.05, 0) is 32.0 Å². The van der Waals surface area contributed by atoms with E-state index in [1.165, 1.54) is 35.2 Å². The summed E-state index contributed by atoms with van der Waals surface area (Å²) in [5, 5.41) is 14.6. The van der Waals surface area contributed by atoms with Crippen LogP contribution in [-0.2, 0) is 4.79 Å². The third-order valence-corrected chi connectivity index (χ3v) is 4.57. The lowest BCUT2D eigenvalue weighted by atomic mass is 10.3. The van der Waals surface area contributed by atoms with Gasteiger partial charge in [0, 0.05) is 11.1 Å². The van der Waals surface area contributed by atoms with E-state index in [2.05, 4.69) is 20.8 Å². The van der Waals surface area contributed by atoms with Crippen molar-refractivity contribution in [1.82, 2.24) is 10.2 Å². The molecule has 2 aromatic rings. The maximum Gasteiger partial charge on any atom is 0.234 e. The van der Waals surface area contributed by atoms with Crippen LogP contribution in [-0.4, -0.2) is 27.9 Å². The maximum atomic E-state index is 13.6. The molecule has 1 heterocycles. The Bertz CT molecular complexity index is 665. The first-order chi connectivity index (χ1) is 10.4. The Kier molecular flexibility index (Phi) is 5.98. The minimum atomic E-state index is -0.565. The Morgan fingerprint density at radius 1 is 1.45 bits per heavy atom. The summed E-state index contributed by atoms with van der Waals surface area (Å²) in [6.07, 6.45) is 0. The molecule has 0 aliphatic heterocycles. The Morgan fingerprint density at radius 2 is 2.23 bits per heavy atom. The number of carbonyl (C=O) groups excluding carboxylic acids is 1. The van der Waals surface area contributed by atoms with Crippen LogP contribution in [0, 0.1) is 5.82 Å². The number of nitrogens with one attached hydrogen (secondary N) is 2. The van der Waals surface area contributed by atoms with Crippen molar-refractivity contribution in [3.05, 3.63) is 29.0 Å². The molecule has 0 aliphatic rings. The molecular weight excluding hydrogens is 347 g/mol. The van der Waals surface area contributed by atoms with E-state index >= 15 is 0 Å². The normalized spacial score (nSPS) is 10.8. The van der Waals surface area contributed by atoms with Crippen LogP contribution in [0.15, 0.2) is 22.5 Å². The molecule has 1 amide bonds. The van der Waals surface area contributed by atoms with Crippen molar-refractivity contribution < 1.29 is 9.18 Å². The van der Waals surface area contributed by atoms with E-state index in [1.807, 2.05) is 13.8 Å². The zero-order chi connectivity index (χ0) is 16.1. The number of nitrogens with zero attached hydrogens (tertiary/aromatic N) is 2. The number of hydrogen-bond acceptors (Lipinski definition) is 6. The number of aromatic nitrogens is 2. The van der Waals surface area contributed by atoms with Crippen LogP contribution < -0.4 is 10.6 Å². The summed E-state index contributed by atoms with van der Waals surface area (Å²) in [6, 6.07) is 4.36. The Morgan fingerprint density at radius 3 is 2.91 bits per heavy atom. The average molecular weight is 361 g/mol. The highest BCUT2D eigenvalue weighted by atomic mass is 35.5. The number of hydrogen-bond donors (Lipinski definition) is 2. The van der Waals surface area contributed by atoms with Crippen LogP contribution >= 0.6 is 34.7 Å². The van der Waals surface area contributed by atoms with E-state index in [4.69, 9.17) is 11.6 Å². The molecule has 0 spiro atoms. The number of anilines is 2. The van der Waals surface area contributed by atoms with Gasteiger partial charge in [0.25, 0.3) is 0 Å². The van der Waals surface area contributed by atoms with Gasteiger partial charge in [-0.2, -0.15) is 0 Å². The second kappa shape index (κ2) is 7.75. The zero-order valence-corrected chi connectivity index (χ0v) is 14.3. The summed E-state index contributed by atoms with van der Waals surface area (Å²) in [5.74, 6) is -0.761. The monoisotopic (exact) mass is 360 g/mol. The minimum absolute atomic E-state index is 0.106. The molecule has 0 unspecified atom stereocenters. The lowest BCUT2D eigenvalue weighted by molar-refractivity contribution is -0.113. The fourth-order valence-electron chi connectivity index (χ4n) is 1.48. The highest BCUT2D eigenvalue weighted by Gasteiger charge is 2.11. The average Bonchev–Trinajstić information content (AvgIpc) is 2.86. The zero-order valence-electron chi connectivity index (χ0n) is 11.9. The largest absolute Gasteiger partial charge is 0.358 e. The van der Waals surface area contributed by atoms with E-state index in [-0.39, 0.29) is 28.4 Å². The Labute approximate surface area is 140 Å². The molecule has 0 aliphatic carbocycles. The lowest BCUT2D eigenvalue weighted by Crippen LogP contribution is -2.14. The third-order valence-electron chi connectivity index (χ3n) is 2.35. The molecule has 0 atom stereocenters. The van der Waals surface area contributed by atoms with Crippen LogP contribution in [0.3, 0.4) is 0 Å². The van der Waals surface area contributed by atoms with Gasteiger partial charge >= 0.3 is 0 Å². The fraction of sp³-hybridized carbons (Fsp3) is 0.308. The smallest absolute Gasteiger partial charge is 0.234 e. The number of thioether (sulfide) groups is 1. The standard InChI is InChI=1S/C13H14ClFN4OS2/c1-7(2)16-12-18-19-13(22-12)21-6-11(20)17-10-4-3-8(14)5-9(10)15/h3-5,7H,6H2,1-2H3,(H,16,18)(H,17,20). The van der Waals surface area contributed by atoms with Crippen LogP contribution in [0.5, 0.6) is 0 Å². The SMILES string of the molecule is CC(C)Nc1nnc(SCC(=O)Nc2ccc(Cl)cc2F)s1. The van der Waals surface area contributed by atoms with Crippen molar-refractivity contribution in [2.75, 3.05) is 16.4 Å². The number of benzene rings is 1. The molecule has 9 heteroatoms. The number of amides is 1. The second-order valence-electron chi connectivity index (χ2n) is 4.63. The van der Waals surface area contributed by atoms with Crippen molar-refractivity contribution in [1.29, 1.82) is 0 Å². The second-order valence-corrected chi connectivity index (χ2v) is 7.27. The maximum absolute atomic E-state index is 13.6. The Balaban J connectivity index is 1.86. The van der Waals surface area contributed by atoms with Crippen LogP contribution in [0.4, 0.5) is 15.2 Å². The van der Waals surface area contributed by atoms with Crippen LogP contribution in [0.2, 0.25) is 5.02 Å². The van der Waals surface area contributed by atoms with E-state index in [0.717, 1.165) is 6.07 Å². The molecular formula is C13H14ClFN4OS2. The van der Waals surface area contributed by atoms with Gasteiger partial charge in [-0.15, -0.1) is 10.2 Å². The fourth-order valence-corrected chi connectivity index (χ4v) is 3.33. The first kappa shape index (κ1) is 17.0. The van der Waals surface area contributed by atoms with Crippen molar-refractivity contribution in [3.8, 4) is 0 Å². The van der Waals surface area contributed by atoms with Gasteiger partial charge in [0.1, 0.15) is 5.82 Å². The van der Waals surface area contributed by atoms with Crippen molar-refractivity contribution in [2.24, 2.45) is 0 Å². The van der Waals surface area contributed by atoms with Crippen LogP contribution in [0.25, 0.3) is 0 Å². The minimum Gasteiger partial charge on any atom is -0.358 e. The molecule has 0 radical (unpaired) electrons. The molecule has 0 bridgehead atoms. The van der Waals surface area contributed by atoms with E-state index in [0.29, 0.717) is 9.47 Å². The van der Waals surface area contributed by atoms with E-state index in [9.17, 15) is 9.18 Å². The molecule has 22 heavy (non-hydrogen) atoms. The van der Waals surface area contributed by atoms with Gasteiger partial charge in [-0.3, -0.25) is 4.79 Å². The lowest BCUT2D eigenvalue weighted by Gasteiger charge is -2.05. The van der Waals surface area contributed by atoms with Crippen molar-refractivity contribution in [2.45, 2.75) is 24.2 Å². The first-order valence-corrected chi connectivity index (χ1v) is 8.60. The summed E-state index contributed by atoms with van der Waals surface area (Å²) >= 11 is 8.28. The molecule has 5 nitrogen and oxygen atoms in total. The molecule has 2 rings (SSSR count). The highest BCUT2D eigenvalue weighted by molar-refractivity contribution is 8.01. The van der Waals surface area contributed by atoms with Gasteiger partial charge in [0.15, 0.2) is 4.34 Å². The molecule has 2 N–H and O–H groups in total. The van der Waals surface area contributed by atoms with E-state index in [1.54, 1.807) is 0 Å². The quantitative estimate of drug-likeness (QED) is 0.765. The van der Waals surface area contributed by atoms with Crippen LogP contribution in [0.1, 0.15) is 13.8 Å². The summed E-state index contributed by atoms with van der Waals surface area (Å²) in [4.78, 5) is 11.8. The number of carbonyl (C=O) groups is 1. The first-order valence-electron chi connectivity index (χ1n) is 6.42. The molecule has 0 fully saturated rings. The molecule has 118 valence electrons. The van der Waals surface area contributed by atoms with Gasteiger partial charge < -0.3 is 10.6 Å². The third kappa shape index (κ3) is 5.11. The van der Waals surface area contributed by atoms with Gasteiger partial charge in [0.05, 0.1) is 11.4 Å². The number of halogens is 2. The molecule has 1 aromatic carbocycles. The van der Waals surface area contributed by atoms with E-state index < -0.39 is 5.82 Å². The molecule has 0 saturated heterocycles. The number of rotatable bonds is 6. The van der Waals surface area contributed by atoms with Gasteiger partial charge in [0.2, 0.25) is 11.0 Å². The topological polar surface area (TPSA) is 66.9 Å². The van der Waals surface area contributed by atoms with Gasteiger partial charge in [-0.25, -0.2) is 4.39 Å². The van der Waals surface area contributed by atoms with Crippen molar-refractivity contribution in [3.63, 3.8) is 0 Å². The summed E-state index contributed by atoms with van der Waals surface area (Å²) in [6.45, 7) is 4.00. The Hall–Kier alpha value is -1.38. The highest BCUT2D eigenvalue weighted by Crippen LogP contribution is 2.26. The summed E-state index contributed by atoms with van der Waals surface area (Å²) in [5.41, 5.74) is 0.106. The summed E-state index contributed by atoms with van der Waals surface area (Å²) < 4.78 is 14.2. The predicted octanol–water partition coefficient (Wildman–Crippen LogP) is 3.88. The van der Waals surface area contributed by atoms with Gasteiger partial charge in [-0.1, -0.05) is 34.7 Å². The van der Waals surface area contributed by atoms with Crippen molar-refractivity contribution >= 4 is 51.4 Å². The molecule has 1 aromatic heterocycles. The molecule has 0 saturated carbocycles. The summed E-state index contributed by atoms with van der Waals surface area (Å²) in [7, 11) is 0.